The number of carbonyl (C=O) groups excluding carboxylic acids is 1. The SMILES string of the molecule is CNC(=O)c1cccc(N2CCCC2c2ccccc2OC)n1. The topological polar surface area (TPSA) is 54.5 Å². The van der Waals surface area contributed by atoms with E-state index >= 15 is 0 Å². The highest BCUT2D eigenvalue weighted by Crippen LogP contribution is 2.39. The number of amides is 1. The van der Waals surface area contributed by atoms with Crippen molar-refractivity contribution in [2.45, 2.75) is 18.9 Å². The molecule has 5 nitrogen and oxygen atoms in total. The molecule has 0 bridgehead atoms. The van der Waals surface area contributed by atoms with Crippen LogP contribution in [0.3, 0.4) is 0 Å². The molecule has 1 unspecified atom stereocenters. The molecule has 0 saturated carbocycles. The molecule has 0 spiro atoms. The van der Waals surface area contributed by atoms with Crippen molar-refractivity contribution in [2.24, 2.45) is 0 Å². The van der Waals surface area contributed by atoms with Crippen LogP contribution in [-0.4, -0.2) is 31.6 Å². The summed E-state index contributed by atoms with van der Waals surface area (Å²) in [6, 6.07) is 13.9. The van der Waals surface area contributed by atoms with Gasteiger partial charge in [0.1, 0.15) is 17.3 Å². The average Bonchev–Trinajstić information content (AvgIpc) is 3.10. The molecule has 0 aliphatic carbocycles. The average molecular weight is 311 g/mol. The summed E-state index contributed by atoms with van der Waals surface area (Å²) in [5.41, 5.74) is 1.61. The number of ether oxygens (including phenoxy) is 1. The van der Waals surface area contributed by atoms with Crippen LogP contribution < -0.4 is 15.0 Å². The van der Waals surface area contributed by atoms with Crippen LogP contribution in [0.4, 0.5) is 5.82 Å². The quantitative estimate of drug-likeness (QED) is 0.943. The second-order valence-corrected chi connectivity index (χ2v) is 5.55. The maximum Gasteiger partial charge on any atom is 0.269 e. The molecule has 2 heterocycles. The Labute approximate surface area is 136 Å². The fourth-order valence-electron chi connectivity index (χ4n) is 3.14. The molecule has 1 saturated heterocycles. The molecule has 1 atom stereocenters. The van der Waals surface area contributed by atoms with Crippen LogP contribution in [0.25, 0.3) is 0 Å². The van der Waals surface area contributed by atoms with Crippen molar-refractivity contribution < 1.29 is 9.53 Å². The maximum absolute atomic E-state index is 11.8. The number of para-hydroxylation sites is 1. The lowest BCUT2D eigenvalue weighted by Gasteiger charge is -2.27. The molecular weight excluding hydrogens is 290 g/mol. The molecule has 23 heavy (non-hydrogen) atoms. The van der Waals surface area contributed by atoms with Gasteiger partial charge in [-0.05, 0) is 31.0 Å². The largest absolute Gasteiger partial charge is 0.496 e. The first-order valence-electron chi connectivity index (χ1n) is 7.83. The molecule has 1 fully saturated rings. The summed E-state index contributed by atoms with van der Waals surface area (Å²) in [5.74, 6) is 1.56. The monoisotopic (exact) mass is 311 g/mol. The Hall–Kier alpha value is -2.56. The Kier molecular flexibility index (Phi) is 4.46. The van der Waals surface area contributed by atoms with Gasteiger partial charge in [-0.3, -0.25) is 4.79 Å². The van der Waals surface area contributed by atoms with E-state index in [1.54, 1.807) is 20.2 Å². The first-order valence-corrected chi connectivity index (χ1v) is 7.83. The number of nitrogens with zero attached hydrogens (tertiary/aromatic N) is 2. The highest BCUT2D eigenvalue weighted by atomic mass is 16.5. The van der Waals surface area contributed by atoms with E-state index in [1.807, 2.05) is 30.3 Å². The van der Waals surface area contributed by atoms with Crippen molar-refractivity contribution in [1.82, 2.24) is 10.3 Å². The van der Waals surface area contributed by atoms with Gasteiger partial charge in [0.15, 0.2) is 0 Å². The van der Waals surface area contributed by atoms with Gasteiger partial charge < -0.3 is 15.0 Å². The number of hydrogen-bond donors (Lipinski definition) is 1. The zero-order valence-corrected chi connectivity index (χ0v) is 13.5. The van der Waals surface area contributed by atoms with Crippen molar-refractivity contribution >= 4 is 11.7 Å². The predicted octanol–water partition coefficient (Wildman–Crippen LogP) is 2.79. The van der Waals surface area contributed by atoms with Crippen molar-refractivity contribution in [2.75, 3.05) is 25.6 Å². The second-order valence-electron chi connectivity index (χ2n) is 5.55. The fraction of sp³-hybridized carbons (Fsp3) is 0.333. The minimum atomic E-state index is -0.167. The number of pyridine rings is 1. The Balaban J connectivity index is 1.94. The van der Waals surface area contributed by atoms with Gasteiger partial charge in [0.05, 0.1) is 13.2 Å². The number of carbonyl (C=O) groups is 1. The molecule has 5 heteroatoms. The third-order valence-electron chi connectivity index (χ3n) is 4.24. The molecule has 1 N–H and O–H groups in total. The standard InChI is InChI=1S/C18H21N3O2/c1-19-18(22)14-8-5-11-17(20-14)21-12-6-9-15(21)13-7-3-4-10-16(13)23-2/h3-5,7-8,10-11,15H,6,9,12H2,1-2H3,(H,19,22). The summed E-state index contributed by atoms with van der Waals surface area (Å²) in [5, 5.41) is 2.62. The maximum atomic E-state index is 11.8. The Morgan fingerprint density at radius 3 is 2.87 bits per heavy atom. The lowest BCUT2D eigenvalue weighted by molar-refractivity contribution is 0.0958. The summed E-state index contributed by atoms with van der Waals surface area (Å²) in [4.78, 5) is 18.6. The Morgan fingerprint density at radius 2 is 2.09 bits per heavy atom. The van der Waals surface area contributed by atoms with E-state index in [9.17, 15) is 4.79 Å². The van der Waals surface area contributed by atoms with Crippen molar-refractivity contribution in [1.29, 1.82) is 0 Å². The normalized spacial score (nSPS) is 17.1. The molecule has 2 aromatic rings. The summed E-state index contributed by atoms with van der Waals surface area (Å²) >= 11 is 0. The number of anilines is 1. The van der Waals surface area contributed by atoms with Crippen LogP contribution in [0.5, 0.6) is 5.75 Å². The molecule has 1 amide bonds. The van der Waals surface area contributed by atoms with E-state index in [2.05, 4.69) is 21.3 Å². The van der Waals surface area contributed by atoms with Crippen LogP contribution in [0.2, 0.25) is 0 Å². The molecule has 3 rings (SSSR count). The van der Waals surface area contributed by atoms with Crippen molar-refractivity contribution in [3.63, 3.8) is 0 Å². The minimum Gasteiger partial charge on any atom is -0.496 e. The summed E-state index contributed by atoms with van der Waals surface area (Å²) in [7, 11) is 3.31. The van der Waals surface area contributed by atoms with E-state index in [-0.39, 0.29) is 11.9 Å². The summed E-state index contributed by atoms with van der Waals surface area (Å²) < 4.78 is 5.51. The third-order valence-corrected chi connectivity index (χ3v) is 4.24. The Morgan fingerprint density at radius 1 is 1.26 bits per heavy atom. The third kappa shape index (κ3) is 2.99. The van der Waals surface area contributed by atoms with Crippen molar-refractivity contribution in [3.05, 3.63) is 53.7 Å². The summed E-state index contributed by atoms with van der Waals surface area (Å²) in [6.07, 6.45) is 2.14. The zero-order valence-electron chi connectivity index (χ0n) is 13.5. The van der Waals surface area contributed by atoms with Gasteiger partial charge in [-0.15, -0.1) is 0 Å². The molecule has 120 valence electrons. The number of rotatable bonds is 4. The Bertz CT molecular complexity index is 702. The van der Waals surface area contributed by atoms with Crippen LogP contribution in [0, 0.1) is 0 Å². The van der Waals surface area contributed by atoms with Crippen molar-refractivity contribution in [3.8, 4) is 5.75 Å². The van der Waals surface area contributed by atoms with Gasteiger partial charge in [0.2, 0.25) is 0 Å². The van der Waals surface area contributed by atoms with Gasteiger partial charge in [-0.25, -0.2) is 4.98 Å². The molecular formula is C18H21N3O2. The van der Waals surface area contributed by atoms with Crippen LogP contribution in [-0.2, 0) is 0 Å². The van der Waals surface area contributed by atoms with Gasteiger partial charge in [-0.1, -0.05) is 24.3 Å². The molecule has 1 aromatic carbocycles. The second kappa shape index (κ2) is 6.69. The van der Waals surface area contributed by atoms with Crippen LogP contribution >= 0.6 is 0 Å². The lowest BCUT2D eigenvalue weighted by Crippen LogP contribution is -2.26. The van der Waals surface area contributed by atoms with Crippen LogP contribution in [0.1, 0.15) is 34.9 Å². The minimum absolute atomic E-state index is 0.167. The molecule has 1 aliphatic rings. The zero-order chi connectivity index (χ0) is 16.2. The summed E-state index contributed by atoms with van der Waals surface area (Å²) in [6.45, 7) is 0.924. The number of hydrogen-bond acceptors (Lipinski definition) is 4. The molecule has 1 aliphatic heterocycles. The first kappa shape index (κ1) is 15.3. The smallest absolute Gasteiger partial charge is 0.269 e. The van der Waals surface area contributed by atoms with E-state index < -0.39 is 0 Å². The van der Waals surface area contributed by atoms with Crippen LogP contribution in [0.15, 0.2) is 42.5 Å². The van der Waals surface area contributed by atoms with E-state index in [4.69, 9.17) is 4.74 Å². The van der Waals surface area contributed by atoms with Gasteiger partial charge in [0, 0.05) is 19.2 Å². The highest BCUT2D eigenvalue weighted by molar-refractivity contribution is 5.92. The lowest BCUT2D eigenvalue weighted by atomic mass is 10.0. The fourth-order valence-corrected chi connectivity index (χ4v) is 3.14. The highest BCUT2D eigenvalue weighted by Gasteiger charge is 2.29. The first-order chi connectivity index (χ1) is 11.2. The van der Waals surface area contributed by atoms with Gasteiger partial charge in [0.25, 0.3) is 5.91 Å². The number of nitrogens with one attached hydrogen (secondary N) is 1. The van der Waals surface area contributed by atoms with Gasteiger partial charge >= 0.3 is 0 Å². The molecule has 0 radical (unpaired) electrons. The van der Waals surface area contributed by atoms with Gasteiger partial charge in [-0.2, -0.15) is 0 Å². The number of aromatic nitrogens is 1. The van der Waals surface area contributed by atoms with E-state index in [0.29, 0.717) is 5.69 Å². The van der Waals surface area contributed by atoms with E-state index in [1.165, 1.54) is 5.56 Å². The predicted molar refractivity (Wildman–Crippen MR) is 89.9 cm³/mol. The number of benzene rings is 1. The molecule has 1 aromatic heterocycles. The van der Waals surface area contributed by atoms with E-state index in [0.717, 1.165) is 31.0 Å². The number of methoxy groups -OCH3 is 1.